The summed E-state index contributed by atoms with van der Waals surface area (Å²) in [7, 11) is 0. The second-order valence-corrected chi connectivity index (χ2v) is 6.52. The van der Waals surface area contributed by atoms with E-state index in [9.17, 15) is 9.59 Å². The Morgan fingerprint density at radius 1 is 1.45 bits per heavy atom. The van der Waals surface area contributed by atoms with Gasteiger partial charge >= 0.3 is 12.0 Å². The third kappa shape index (κ3) is 5.38. The van der Waals surface area contributed by atoms with Crippen LogP contribution in [0.2, 0.25) is 0 Å². The predicted octanol–water partition coefficient (Wildman–Crippen LogP) is 1.77. The molecule has 0 aliphatic carbocycles. The van der Waals surface area contributed by atoms with Gasteiger partial charge in [-0.3, -0.25) is 0 Å². The number of rotatable bonds is 7. The maximum Gasteiger partial charge on any atom is 0.326 e. The van der Waals surface area contributed by atoms with Gasteiger partial charge in [-0.2, -0.15) is 11.8 Å². The Morgan fingerprint density at radius 2 is 2.15 bits per heavy atom. The van der Waals surface area contributed by atoms with Crippen molar-refractivity contribution in [1.29, 1.82) is 0 Å². The number of urea groups is 1. The van der Waals surface area contributed by atoms with Crippen molar-refractivity contribution in [3.63, 3.8) is 0 Å². The van der Waals surface area contributed by atoms with E-state index < -0.39 is 18.0 Å². The highest BCUT2D eigenvalue weighted by atomic mass is 32.2. The van der Waals surface area contributed by atoms with Crippen LogP contribution in [0, 0.1) is 13.8 Å². The molecule has 1 heterocycles. The zero-order chi connectivity index (χ0) is 15.1. The molecule has 112 valence electrons. The highest BCUT2D eigenvalue weighted by Crippen LogP contribution is 2.15. The zero-order valence-corrected chi connectivity index (χ0v) is 13.4. The molecular weight excluding hydrogens is 298 g/mol. The van der Waals surface area contributed by atoms with Crippen LogP contribution in [0.4, 0.5) is 4.79 Å². The van der Waals surface area contributed by atoms with Gasteiger partial charge in [0.25, 0.3) is 0 Å². The van der Waals surface area contributed by atoms with E-state index in [0.717, 1.165) is 15.6 Å². The molecular formula is C12H19N3O3S2. The zero-order valence-electron chi connectivity index (χ0n) is 11.7. The molecule has 0 fully saturated rings. The fraction of sp³-hybridized carbons (Fsp3) is 0.583. The van der Waals surface area contributed by atoms with E-state index in [4.69, 9.17) is 5.11 Å². The molecule has 20 heavy (non-hydrogen) atoms. The van der Waals surface area contributed by atoms with Crippen LogP contribution >= 0.6 is 23.1 Å². The van der Waals surface area contributed by atoms with Crippen LogP contribution in [0.15, 0.2) is 0 Å². The number of thiazole rings is 1. The summed E-state index contributed by atoms with van der Waals surface area (Å²) >= 11 is 3.07. The maximum absolute atomic E-state index is 11.7. The van der Waals surface area contributed by atoms with Crippen molar-refractivity contribution in [2.24, 2.45) is 0 Å². The summed E-state index contributed by atoms with van der Waals surface area (Å²) in [6, 6.07) is -1.34. The minimum absolute atomic E-state index is 0.306. The average molecular weight is 317 g/mol. The Labute approximate surface area is 126 Å². The number of hydrogen-bond acceptors (Lipinski definition) is 5. The first-order valence-electron chi connectivity index (χ1n) is 6.13. The number of carbonyl (C=O) groups excluding carboxylic acids is 1. The molecule has 1 aromatic heterocycles. The first-order valence-corrected chi connectivity index (χ1v) is 8.34. The third-order valence-corrected chi connectivity index (χ3v) is 4.40. The molecule has 8 heteroatoms. The lowest BCUT2D eigenvalue weighted by Crippen LogP contribution is -2.46. The SMILES string of the molecule is CSCCC(NC(=O)NCc1nc(C)c(C)s1)C(=O)O. The van der Waals surface area contributed by atoms with Crippen LogP contribution in [0.1, 0.15) is 22.0 Å². The number of aromatic nitrogens is 1. The number of amides is 2. The molecule has 0 saturated carbocycles. The van der Waals surface area contributed by atoms with Crippen LogP contribution in [-0.2, 0) is 11.3 Å². The molecule has 3 N–H and O–H groups in total. The van der Waals surface area contributed by atoms with Crippen LogP contribution in [0.3, 0.4) is 0 Å². The Balaban J connectivity index is 2.43. The van der Waals surface area contributed by atoms with Crippen molar-refractivity contribution in [2.45, 2.75) is 32.9 Å². The lowest BCUT2D eigenvalue weighted by molar-refractivity contribution is -0.139. The summed E-state index contributed by atoms with van der Waals surface area (Å²) in [5.74, 6) is -0.336. The van der Waals surface area contributed by atoms with Gasteiger partial charge in [-0.25, -0.2) is 14.6 Å². The molecule has 1 unspecified atom stereocenters. The summed E-state index contributed by atoms with van der Waals surface area (Å²) in [4.78, 5) is 28.1. The van der Waals surface area contributed by atoms with Gasteiger partial charge in [0.1, 0.15) is 11.0 Å². The minimum atomic E-state index is -1.02. The number of thioether (sulfide) groups is 1. The van der Waals surface area contributed by atoms with Crippen molar-refractivity contribution in [3.05, 3.63) is 15.6 Å². The lowest BCUT2D eigenvalue weighted by atomic mass is 10.2. The standard InChI is InChI=1S/C12H19N3O3S2/c1-7-8(2)20-10(14-7)6-13-12(18)15-9(11(16)17)4-5-19-3/h9H,4-6H2,1-3H3,(H,16,17)(H2,13,15,18). The molecule has 1 atom stereocenters. The van der Waals surface area contributed by atoms with E-state index >= 15 is 0 Å². The predicted molar refractivity (Wildman–Crippen MR) is 81.4 cm³/mol. The number of carbonyl (C=O) groups is 2. The Kier molecular flexibility index (Phi) is 6.80. The number of carboxylic acids is 1. The highest BCUT2D eigenvalue weighted by molar-refractivity contribution is 7.98. The molecule has 1 rings (SSSR count). The van der Waals surface area contributed by atoms with Gasteiger partial charge < -0.3 is 15.7 Å². The van der Waals surface area contributed by atoms with E-state index in [1.54, 1.807) is 11.8 Å². The van der Waals surface area contributed by atoms with E-state index in [1.807, 2.05) is 20.1 Å². The van der Waals surface area contributed by atoms with E-state index in [2.05, 4.69) is 15.6 Å². The summed E-state index contributed by atoms with van der Waals surface area (Å²) in [6.07, 6.45) is 2.30. The monoisotopic (exact) mass is 317 g/mol. The smallest absolute Gasteiger partial charge is 0.326 e. The molecule has 0 bridgehead atoms. The van der Waals surface area contributed by atoms with Gasteiger partial charge in [0.15, 0.2) is 0 Å². The van der Waals surface area contributed by atoms with Gasteiger partial charge in [0.2, 0.25) is 0 Å². The first-order chi connectivity index (χ1) is 9.43. The number of aryl methyl sites for hydroxylation is 2. The summed E-state index contributed by atoms with van der Waals surface area (Å²) in [6.45, 7) is 4.19. The fourth-order valence-corrected chi connectivity index (χ4v) is 2.82. The van der Waals surface area contributed by atoms with Gasteiger partial charge in [0, 0.05) is 4.88 Å². The number of carboxylic acid groups (broad SMARTS) is 1. The molecule has 0 saturated heterocycles. The van der Waals surface area contributed by atoms with E-state index in [1.165, 1.54) is 11.3 Å². The van der Waals surface area contributed by atoms with Crippen LogP contribution in [-0.4, -0.2) is 40.1 Å². The van der Waals surface area contributed by atoms with E-state index in [-0.39, 0.29) is 0 Å². The quantitative estimate of drug-likeness (QED) is 0.713. The maximum atomic E-state index is 11.7. The molecule has 1 aromatic rings. The van der Waals surface area contributed by atoms with Gasteiger partial charge in [-0.15, -0.1) is 11.3 Å². The van der Waals surface area contributed by atoms with Crippen molar-refractivity contribution in [1.82, 2.24) is 15.6 Å². The Hall–Kier alpha value is -1.28. The summed E-state index contributed by atoms with van der Waals surface area (Å²) in [5, 5.41) is 14.9. The number of aliphatic carboxylic acids is 1. The second-order valence-electron chi connectivity index (χ2n) is 4.25. The molecule has 0 aliphatic heterocycles. The largest absolute Gasteiger partial charge is 0.480 e. The van der Waals surface area contributed by atoms with E-state index in [0.29, 0.717) is 18.7 Å². The molecule has 0 aliphatic rings. The van der Waals surface area contributed by atoms with Gasteiger partial charge in [-0.05, 0) is 32.3 Å². The van der Waals surface area contributed by atoms with Gasteiger partial charge in [-0.1, -0.05) is 0 Å². The Bertz CT molecular complexity index is 457. The molecule has 0 aromatic carbocycles. The highest BCUT2D eigenvalue weighted by Gasteiger charge is 2.19. The van der Waals surface area contributed by atoms with Crippen LogP contribution < -0.4 is 10.6 Å². The van der Waals surface area contributed by atoms with Gasteiger partial charge in [0.05, 0.1) is 12.2 Å². The Morgan fingerprint density at radius 3 is 2.65 bits per heavy atom. The molecule has 6 nitrogen and oxygen atoms in total. The number of hydrogen-bond donors (Lipinski definition) is 3. The summed E-state index contributed by atoms with van der Waals surface area (Å²) in [5.41, 5.74) is 0.954. The van der Waals surface area contributed by atoms with Crippen LogP contribution in [0.25, 0.3) is 0 Å². The average Bonchev–Trinajstić information content (AvgIpc) is 2.71. The number of nitrogens with one attached hydrogen (secondary N) is 2. The van der Waals surface area contributed by atoms with Crippen molar-refractivity contribution in [3.8, 4) is 0 Å². The van der Waals surface area contributed by atoms with Crippen molar-refractivity contribution >= 4 is 35.1 Å². The van der Waals surface area contributed by atoms with Crippen LogP contribution in [0.5, 0.6) is 0 Å². The number of nitrogens with zero attached hydrogens (tertiary/aromatic N) is 1. The van der Waals surface area contributed by atoms with Crippen molar-refractivity contribution < 1.29 is 14.7 Å². The molecule has 0 spiro atoms. The van der Waals surface area contributed by atoms with Crippen molar-refractivity contribution in [2.75, 3.05) is 12.0 Å². The molecule has 0 radical (unpaired) electrons. The lowest BCUT2D eigenvalue weighted by Gasteiger charge is -2.14. The molecule has 2 amide bonds. The first kappa shape index (κ1) is 16.8. The topological polar surface area (TPSA) is 91.3 Å². The summed E-state index contributed by atoms with van der Waals surface area (Å²) < 4.78 is 0. The minimum Gasteiger partial charge on any atom is -0.480 e. The third-order valence-electron chi connectivity index (χ3n) is 2.69. The normalized spacial score (nSPS) is 11.9. The second kappa shape index (κ2) is 8.11. The fourth-order valence-electron chi connectivity index (χ4n) is 1.47.